The molecule has 1 aromatic heterocycles. The molecule has 8 nitrogen and oxygen atoms in total. The van der Waals surface area contributed by atoms with Crippen LogP contribution in [0.4, 0.5) is 14.6 Å². The number of hydrogen-bond donors (Lipinski definition) is 0. The van der Waals surface area contributed by atoms with E-state index in [2.05, 4.69) is 0 Å². The molecule has 1 atom stereocenters. The van der Waals surface area contributed by atoms with Gasteiger partial charge in [-0.05, 0) is 24.6 Å². The zero-order chi connectivity index (χ0) is 30.3. The predicted molar refractivity (Wildman–Crippen MR) is 159 cm³/mol. The summed E-state index contributed by atoms with van der Waals surface area (Å²) in [7, 11) is 0. The molecular weight excluding hydrogens is 560 g/mol. The molecule has 3 aromatic rings. The number of thioether (sulfide) groups is 1. The number of amides is 3. The zero-order valence-corrected chi connectivity index (χ0v) is 25.3. The van der Waals surface area contributed by atoms with Gasteiger partial charge in [0.1, 0.15) is 24.0 Å². The average Bonchev–Trinajstić information content (AvgIpc) is 3.27. The van der Waals surface area contributed by atoms with Gasteiger partial charge in [-0.25, -0.2) is 13.5 Å². The molecule has 42 heavy (non-hydrogen) atoms. The van der Waals surface area contributed by atoms with E-state index < -0.39 is 22.3 Å². The maximum absolute atomic E-state index is 15.4. The Morgan fingerprint density at radius 2 is 1.69 bits per heavy atom. The molecule has 222 valence electrons. The van der Waals surface area contributed by atoms with Gasteiger partial charge >= 0.3 is 0 Å². The smallest absolute Gasteiger partial charge is 0.242 e. The van der Waals surface area contributed by atoms with Crippen molar-refractivity contribution in [2.75, 3.05) is 43.4 Å². The molecule has 1 saturated heterocycles. The van der Waals surface area contributed by atoms with Crippen LogP contribution in [-0.2, 0) is 19.8 Å². The van der Waals surface area contributed by atoms with Crippen molar-refractivity contribution in [3.05, 3.63) is 76.5 Å². The third-order valence-corrected chi connectivity index (χ3v) is 9.00. The number of nitrogens with zero attached hydrogens (tertiary/aromatic N) is 5. The highest BCUT2D eigenvalue weighted by atomic mass is 32.2. The van der Waals surface area contributed by atoms with Crippen molar-refractivity contribution in [3.8, 4) is 5.69 Å². The molecular formula is C31H35F2N5O3S. The van der Waals surface area contributed by atoms with E-state index in [1.807, 2.05) is 52.0 Å². The second kappa shape index (κ2) is 11.5. The summed E-state index contributed by atoms with van der Waals surface area (Å²) in [6, 6.07) is 11.1. The second-order valence-electron chi connectivity index (χ2n) is 11.8. The van der Waals surface area contributed by atoms with E-state index in [0.717, 1.165) is 17.3 Å². The van der Waals surface area contributed by atoms with E-state index in [1.54, 1.807) is 14.5 Å². The zero-order valence-electron chi connectivity index (χ0n) is 24.5. The summed E-state index contributed by atoms with van der Waals surface area (Å²) in [5, 5.41) is 4.37. The first-order chi connectivity index (χ1) is 19.9. The molecule has 1 fully saturated rings. The fraction of sp³-hybridized carbons (Fsp3) is 0.419. The molecule has 0 bridgehead atoms. The van der Waals surface area contributed by atoms with E-state index in [4.69, 9.17) is 5.10 Å². The highest BCUT2D eigenvalue weighted by molar-refractivity contribution is 8.00. The number of fused-ring (bicyclic) bond motifs is 1. The molecule has 2 aromatic carbocycles. The Hall–Kier alpha value is -3.73. The monoisotopic (exact) mass is 595 g/mol. The fourth-order valence-corrected chi connectivity index (χ4v) is 6.73. The maximum atomic E-state index is 15.4. The molecule has 2 aliphatic heterocycles. The van der Waals surface area contributed by atoms with E-state index in [0.29, 0.717) is 43.3 Å². The van der Waals surface area contributed by atoms with Crippen molar-refractivity contribution >= 4 is 35.3 Å². The number of carbonyl (C=O) groups is 3. The Bertz CT molecular complexity index is 1540. The molecule has 0 spiro atoms. The largest absolute Gasteiger partial charge is 0.339 e. The maximum Gasteiger partial charge on any atom is 0.242 e. The van der Waals surface area contributed by atoms with Crippen LogP contribution >= 0.6 is 11.8 Å². The number of carbonyl (C=O) groups excluding carboxylic acids is 3. The van der Waals surface area contributed by atoms with Crippen molar-refractivity contribution in [1.29, 1.82) is 0 Å². The van der Waals surface area contributed by atoms with Gasteiger partial charge in [0.15, 0.2) is 0 Å². The third kappa shape index (κ3) is 5.66. The van der Waals surface area contributed by atoms with Gasteiger partial charge in [-0.15, -0.1) is 11.8 Å². The summed E-state index contributed by atoms with van der Waals surface area (Å²) in [6.07, 6.45) is 0. The summed E-state index contributed by atoms with van der Waals surface area (Å²) in [5.74, 6) is -1.59. The first kappa shape index (κ1) is 29.8. The Morgan fingerprint density at radius 3 is 2.31 bits per heavy atom. The number of para-hydroxylation sites is 1. The summed E-state index contributed by atoms with van der Waals surface area (Å²) >= 11 is 1.24. The van der Waals surface area contributed by atoms with E-state index in [1.165, 1.54) is 35.7 Å². The normalized spacial score (nSPS) is 17.7. The van der Waals surface area contributed by atoms with Gasteiger partial charge in [0.25, 0.3) is 0 Å². The van der Waals surface area contributed by atoms with Crippen LogP contribution in [0.5, 0.6) is 0 Å². The topological polar surface area (TPSA) is 78.8 Å². The molecule has 0 radical (unpaired) electrons. The minimum absolute atomic E-state index is 0.0150. The minimum atomic E-state index is -0.706. The van der Waals surface area contributed by atoms with Crippen LogP contribution in [0.1, 0.15) is 55.3 Å². The number of anilines is 1. The first-order valence-corrected chi connectivity index (χ1v) is 15.0. The first-order valence-electron chi connectivity index (χ1n) is 14.0. The van der Waals surface area contributed by atoms with Crippen molar-refractivity contribution < 1.29 is 23.2 Å². The molecule has 0 saturated carbocycles. The van der Waals surface area contributed by atoms with Crippen LogP contribution in [0.2, 0.25) is 0 Å². The molecule has 2 aliphatic rings. The van der Waals surface area contributed by atoms with Gasteiger partial charge < -0.3 is 9.80 Å². The predicted octanol–water partition coefficient (Wildman–Crippen LogP) is 4.62. The van der Waals surface area contributed by atoms with E-state index >= 15 is 4.39 Å². The lowest BCUT2D eigenvalue weighted by Gasteiger charge is -2.35. The van der Waals surface area contributed by atoms with Gasteiger partial charge in [-0.2, -0.15) is 5.10 Å². The quantitative estimate of drug-likeness (QED) is 0.440. The van der Waals surface area contributed by atoms with Gasteiger partial charge in [0.2, 0.25) is 17.7 Å². The molecule has 0 aliphatic carbocycles. The van der Waals surface area contributed by atoms with Crippen molar-refractivity contribution in [1.82, 2.24) is 19.6 Å². The number of halogens is 2. The van der Waals surface area contributed by atoms with Gasteiger partial charge in [-0.3, -0.25) is 19.3 Å². The summed E-state index contributed by atoms with van der Waals surface area (Å²) in [5.41, 5.74) is 2.65. The Balaban J connectivity index is 1.68. The molecule has 11 heteroatoms. The fourth-order valence-electron chi connectivity index (χ4n) is 5.51. The molecule has 1 unspecified atom stereocenters. The number of aryl methyl sites for hydroxylation is 1. The molecule has 0 N–H and O–H groups in total. The molecule has 5 rings (SSSR count). The van der Waals surface area contributed by atoms with Crippen LogP contribution in [-0.4, -0.2) is 75.8 Å². The van der Waals surface area contributed by atoms with Crippen LogP contribution in [0.25, 0.3) is 5.69 Å². The number of hydrogen-bond acceptors (Lipinski definition) is 5. The molecule has 3 heterocycles. The van der Waals surface area contributed by atoms with Crippen LogP contribution in [0, 0.1) is 18.6 Å². The summed E-state index contributed by atoms with van der Waals surface area (Å²) in [4.78, 5) is 44.2. The molecule has 3 amide bonds. The number of aromatic nitrogens is 2. The van der Waals surface area contributed by atoms with Crippen LogP contribution in [0.15, 0.2) is 42.5 Å². The summed E-state index contributed by atoms with van der Waals surface area (Å²) < 4.78 is 31.0. The van der Waals surface area contributed by atoms with Crippen molar-refractivity contribution in [2.24, 2.45) is 0 Å². The number of benzene rings is 2. The summed E-state index contributed by atoms with van der Waals surface area (Å²) in [6.45, 7) is 10.8. The van der Waals surface area contributed by atoms with Crippen molar-refractivity contribution in [2.45, 2.75) is 45.3 Å². The van der Waals surface area contributed by atoms with E-state index in [9.17, 15) is 18.8 Å². The number of piperazine rings is 1. The van der Waals surface area contributed by atoms with Gasteiger partial charge in [-0.1, -0.05) is 45.0 Å². The van der Waals surface area contributed by atoms with Crippen LogP contribution in [0.3, 0.4) is 0 Å². The Kier molecular flexibility index (Phi) is 8.15. The van der Waals surface area contributed by atoms with Crippen LogP contribution < -0.4 is 4.90 Å². The highest BCUT2D eigenvalue weighted by Crippen LogP contribution is 2.49. The van der Waals surface area contributed by atoms with E-state index in [-0.39, 0.29) is 35.6 Å². The Labute approximate surface area is 248 Å². The third-order valence-electron chi connectivity index (χ3n) is 7.76. The standard InChI is InChI=1S/C31H35F2N5O3S/c1-19-8-6-7-9-24(19)38-30-27(29(34-38)31(3,4)5)28(22-11-10-21(32)16-23(22)33)42-18-26(41)37(30)17-25(40)36-14-12-35(13-15-36)20(2)39/h6-11,16,28H,12-15,17-18H2,1-5H3. The highest BCUT2D eigenvalue weighted by Gasteiger charge is 2.41. The SMILES string of the molecule is CC(=O)N1CCN(C(=O)CN2C(=O)CSC(c3ccc(F)cc3F)c3c(C(C)(C)C)nn(-c4ccccc4C)c32)CC1. The van der Waals surface area contributed by atoms with Gasteiger partial charge in [0.05, 0.1) is 22.4 Å². The minimum Gasteiger partial charge on any atom is -0.339 e. The lowest BCUT2D eigenvalue weighted by Crippen LogP contribution is -2.53. The lowest BCUT2D eigenvalue weighted by molar-refractivity contribution is -0.137. The van der Waals surface area contributed by atoms with Crippen molar-refractivity contribution in [3.63, 3.8) is 0 Å². The Morgan fingerprint density at radius 1 is 1.02 bits per heavy atom. The second-order valence-corrected chi connectivity index (χ2v) is 12.9. The number of rotatable bonds is 4. The lowest BCUT2D eigenvalue weighted by atomic mass is 9.87. The average molecular weight is 596 g/mol. The van der Waals surface area contributed by atoms with Gasteiger partial charge in [0, 0.05) is 55.7 Å².